The molecular formula is C27H23N5O3. The first-order valence-electron chi connectivity index (χ1n) is 11.0. The molecule has 3 N–H and O–H groups in total. The molecule has 4 rings (SSSR count). The Kier molecular flexibility index (Phi) is 7.51. The summed E-state index contributed by atoms with van der Waals surface area (Å²) < 4.78 is 5.64. The third kappa shape index (κ3) is 6.12. The average molecular weight is 466 g/mol. The Bertz CT molecular complexity index is 1340. The number of aromatic nitrogens is 1. The highest BCUT2D eigenvalue weighted by Crippen LogP contribution is 2.18. The first-order valence-corrected chi connectivity index (χ1v) is 11.0. The van der Waals surface area contributed by atoms with Gasteiger partial charge in [0.1, 0.15) is 6.07 Å². The van der Waals surface area contributed by atoms with E-state index in [4.69, 9.17) is 4.42 Å². The van der Waals surface area contributed by atoms with Crippen LogP contribution in [0.5, 0.6) is 0 Å². The van der Waals surface area contributed by atoms with E-state index in [9.17, 15) is 14.9 Å². The molecule has 0 fully saturated rings. The highest BCUT2D eigenvalue weighted by molar-refractivity contribution is 6.07. The summed E-state index contributed by atoms with van der Waals surface area (Å²) in [6, 6.07) is 27.7. The third-order valence-corrected chi connectivity index (χ3v) is 5.19. The molecule has 0 unspecified atom stereocenters. The van der Waals surface area contributed by atoms with Gasteiger partial charge in [-0.25, -0.2) is 0 Å². The van der Waals surface area contributed by atoms with Crippen LogP contribution in [0.25, 0.3) is 0 Å². The van der Waals surface area contributed by atoms with Crippen LogP contribution in [0.15, 0.2) is 89.3 Å². The summed E-state index contributed by atoms with van der Waals surface area (Å²) in [5, 5.41) is 18.0. The third-order valence-electron chi connectivity index (χ3n) is 5.19. The Labute approximate surface area is 202 Å². The fraction of sp³-hybridized carbons (Fsp3) is 0.111. The summed E-state index contributed by atoms with van der Waals surface area (Å²) in [4.78, 5) is 29.7. The van der Waals surface area contributed by atoms with Crippen molar-refractivity contribution in [3.8, 4) is 6.07 Å². The number of benzene rings is 3. The van der Waals surface area contributed by atoms with E-state index < -0.39 is 5.91 Å². The van der Waals surface area contributed by atoms with Crippen molar-refractivity contribution >= 4 is 17.7 Å². The van der Waals surface area contributed by atoms with Gasteiger partial charge in [-0.3, -0.25) is 9.59 Å². The molecule has 1 aromatic heterocycles. The van der Waals surface area contributed by atoms with Gasteiger partial charge < -0.3 is 20.4 Å². The number of hydrogen-bond donors (Lipinski definition) is 3. The molecule has 0 aliphatic heterocycles. The number of carbonyl (C=O) groups excluding carboxylic acids is 2. The molecule has 2 amide bonds. The predicted octanol–water partition coefficient (Wildman–Crippen LogP) is 4.02. The van der Waals surface area contributed by atoms with Gasteiger partial charge in [0.2, 0.25) is 17.5 Å². The molecule has 3 aromatic carbocycles. The van der Waals surface area contributed by atoms with Gasteiger partial charge in [0, 0.05) is 13.1 Å². The molecule has 35 heavy (non-hydrogen) atoms. The Morgan fingerprint density at radius 2 is 1.26 bits per heavy atom. The molecule has 0 aliphatic rings. The van der Waals surface area contributed by atoms with E-state index in [0.717, 1.165) is 11.1 Å². The lowest BCUT2D eigenvalue weighted by atomic mass is 10.1. The van der Waals surface area contributed by atoms with Crippen LogP contribution in [0.1, 0.15) is 43.4 Å². The van der Waals surface area contributed by atoms with Gasteiger partial charge in [0.25, 0.3) is 11.8 Å². The van der Waals surface area contributed by atoms with Crippen LogP contribution in [0.3, 0.4) is 0 Å². The van der Waals surface area contributed by atoms with Crippen molar-refractivity contribution in [1.29, 1.82) is 5.26 Å². The van der Waals surface area contributed by atoms with E-state index in [1.807, 2.05) is 66.7 Å². The standard InChI is InChI=1S/C27H23N5O3/c28-15-23-27(31-17-20-11-5-2-6-12-20)35-24(32-23)18-30-26(34)22-14-8-7-13-21(22)25(33)29-16-19-9-3-1-4-10-19/h1-14,31H,16-18H2,(H,29,33)(H,30,34). The molecule has 0 saturated carbocycles. The lowest BCUT2D eigenvalue weighted by molar-refractivity contribution is 0.0915. The smallest absolute Gasteiger partial charge is 0.252 e. The maximum atomic E-state index is 12.8. The zero-order valence-corrected chi connectivity index (χ0v) is 18.8. The molecule has 174 valence electrons. The van der Waals surface area contributed by atoms with Crippen LogP contribution in [-0.2, 0) is 19.6 Å². The van der Waals surface area contributed by atoms with Crippen molar-refractivity contribution < 1.29 is 14.0 Å². The molecule has 4 aromatic rings. The highest BCUT2D eigenvalue weighted by atomic mass is 16.4. The van der Waals surface area contributed by atoms with Crippen LogP contribution in [0.4, 0.5) is 5.88 Å². The van der Waals surface area contributed by atoms with Crippen molar-refractivity contribution in [2.24, 2.45) is 0 Å². The maximum Gasteiger partial charge on any atom is 0.252 e. The Hall–Kier alpha value is -4.90. The molecule has 1 heterocycles. The lowest BCUT2D eigenvalue weighted by Crippen LogP contribution is -2.29. The van der Waals surface area contributed by atoms with Crippen molar-refractivity contribution in [3.63, 3.8) is 0 Å². The molecule has 8 nitrogen and oxygen atoms in total. The first kappa shape index (κ1) is 23.3. The van der Waals surface area contributed by atoms with Crippen molar-refractivity contribution in [2.45, 2.75) is 19.6 Å². The summed E-state index contributed by atoms with van der Waals surface area (Å²) in [7, 11) is 0. The number of oxazole rings is 1. The number of nitrogens with one attached hydrogen (secondary N) is 3. The second-order valence-corrected chi connectivity index (χ2v) is 7.63. The number of carbonyl (C=O) groups is 2. The van der Waals surface area contributed by atoms with E-state index in [1.54, 1.807) is 24.3 Å². The first-order chi connectivity index (χ1) is 17.1. The SMILES string of the molecule is N#Cc1nc(CNC(=O)c2ccccc2C(=O)NCc2ccccc2)oc1NCc1ccccc1. The Morgan fingerprint density at radius 1 is 0.743 bits per heavy atom. The minimum absolute atomic E-state index is 0.0412. The van der Waals surface area contributed by atoms with E-state index in [1.165, 1.54) is 0 Å². The number of nitriles is 1. The molecule has 0 aliphatic carbocycles. The number of amides is 2. The van der Waals surface area contributed by atoms with Gasteiger partial charge in [-0.2, -0.15) is 10.2 Å². The summed E-state index contributed by atoms with van der Waals surface area (Å²) in [5.41, 5.74) is 2.57. The van der Waals surface area contributed by atoms with Crippen molar-refractivity contribution in [1.82, 2.24) is 15.6 Å². The highest BCUT2D eigenvalue weighted by Gasteiger charge is 2.18. The lowest BCUT2D eigenvalue weighted by Gasteiger charge is -2.10. The normalized spacial score (nSPS) is 10.3. The van der Waals surface area contributed by atoms with E-state index in [-0.39, 0.29) is 41.0 Å². The van der Waals surface area contributed by atoms with E-state index >= 15 is 0 Å². The van der Waals surface area contributed by atoms with Crippen molar-refractivity contribution in [3.05, 3.63) is 119 Å². The predicted molar refractivity (Wildman–Crippen MR) is 130 cm³/mol. The number of anilines is 1. The number of rotatable bonds is 9. The van der Waals surface area contributed by atoms with Crippen LogP contribution in [0, 0.1) is 11.3 Å². The second-order valence-electron chi connectivity index (χ2n) is 7.63. The van der Waals surface area contributed by atoms with Gasteiger partial charge in [-0.1, -0.05) is 72.8 Å². The number of nitrogens with zero attached hydrogens (tertiary/aromatic N) is 2. The molecule has 8 heteroatoms. The van der Waals surface area contributed by atoms with Crippen molar-refractivity contribution in [2.75, 3.05) is 5.32 Å². The molecular weight excluding hydrogens is 442 g/mol. The van der Waals surface area contributed by atoms with Crippen LogP contribution >= 0.6 is 0 Å². The quantitative estimate of drug-likeness (QED) is 0.343. The van der Waals surface area contributed by atoms with E-state index in [0.29, 0.717) is 13.1 Å². The summed E-state index contributed by atoms with van der Waals surface area (Å²) in [6.07, 6.45) is 0. The van der Waals surface area contributed by atoms with Gasteiger partial charge in [0.15, 0.2) is 0 Å². The van der Waals surface area contributed by atoms with Crippen LogP contribution < -0.4 is 16.0 Å². The van der Waals surface area contributed by atoms with E-state index in [2.05, 4.69) is 20.9 Å². The van der Waals surface area contributed by atoms with Gasteiger partial charge >= 0.3 is 0 Å². The van der Waals surface area contributed by atoms with Crippen LogP contribution in [-0.4, -0.2) is 16.8 Å². The molecule has 0 atom stereocenters. The summed E-state index contributed by atoms with van der Waals surface area (Å²) in [5.74, 6) is -0.390. The minimum atomic E-state index is -0.453. The molecule has 0 saturated heterocycles. The van der Waals surface area contributed by atoms with Gasteiger partial charge in [0.05, 0.1) is 17.7 Å². The topological polar surface area (TPSA) is 120 Å². The zero-order valence-electron chi connectivity index (χ0n) is 18.8. The summed E-state index contributed by atoms with van der Waals surface area (Å²) in [6.45, 7) is 0.768. The monoisotopic (exact) mass is 465 g/mol. The fourth-order valence-corrected chi connectivity index (χ4v) is 3.42. The fourth-order valence-electron chi connectivity index (χ4n) is 3.42. The molecule has 0 radical (unpaired) electrons. The maximum absolute atomic E-state index is 12.8. The molecule has 0 spiro atoms. The molecule has 0 bridgehead atoms. The average Bonchev–Trinajstić information content (AvgIpc) is 3.32. The van der Waals surface area contributed by atoms with Gasteiger partial charge in [-0.05, 0) is 23.3 Å². The second kappa shape index (κ2) is 11.3. The van der Waals surface area contributed by atoms with Gasteiger partial charge in [-0.15, -0.1) is 0 Å². The minimum Gasteiger partial charge on any atom is -0.422 e. The zero-order chi connectivity index (χ0) is 24.5. The Balaban J connectivity index is 1.38. The number of hydrogen-bond acceptors (Lipinski definition) is 6. The largest absolute Gasteiger partial charge is 0.422 e. The Morgan fingerprint density at radius 3 is 1.83 bits per heavy atom. The van der Waals surface area contributed by atoms with Crippen LogP contribution in [0.2, 0.25) is 0 Å². The summed E-state index contributed by atoms with van der Waals surface area (Å²) >= 11 is 0.